The van der Waals surface area contributed by atoms with Gasteiger partial charge in [0.15, 0.2) is 21.9 Å². The molecule has 417 valence electrons. The molecule has 0 spiro atoms. The summed E-state index contributed by atoms with van der Waals surface area (Å²) in [6.07, 6.45) is 3.06. The molecule has 8 nitrogen and oxygen atoms in total. The van der Waals surface area contributed by atoms with Crippen LogP contribution in [0.3, 0.4) is 0 Å². The molecule has 11 aromatic carbocycles. The number of aromatic nitrogens is 4. The normalized spacial score (nSPS) is 11.6. The number of furan rings is 2. The van der Waals surface area contributed by atoms with Crippen LogP contribution in [0.5, 0.6) is 5.75 Å². The zero-order chi connectivity index (χ0) is 58.8. The van der Waals surface area contributed by atoms with Crippen molar-refractivity contribution in [3.63, 3.8) is 0 Å². The molecule has 0 saturated carbocycles. The summed E-state index contributed by atoms with van der Waals surface area (Å²) < 4.78 is 25.2. The standard InChI is InChI=1S/C46H26N2OS2.C18H12BO2S.C10H4Cl2N2O/c1-3-22-39-34(14-1)36-19-8-17-32(45(36)50-39)28-11-5-10-27(24-28)31-16-7-21-38-42-44(49-43(31)38)41(47-26-48-42)30-13-6-12-29(25-30)33-18-9-20-37-35-15-2-4-23-40(35)51-46(33)37;20-19-21-13-6-3-5-12(11-13)14-8-4-9-16-15-7-1-2-10-17(15)22-18(14)16;11-6-3-1-2-5-7-9(15-8(5)6)10(12)14-4-13-7/h1-26H;1-11,20H;1-4H. The fraction of sp³-hybridized carbons (Fsp3) is 0. The fourth-order valence-corrected chi connectivity index (χ4v) is 16.1. The minimum atomic E-state index is 0.298. The maximum Gasteiger partial charge on any atom is 0.569 e. The van der Waals surface area contributed by atoms with Crippen LogP contribution in [0.2, 0.25) is 10.2 Å². The van der Waals surface area contributed by atoms with Crippen molar-refractivity contribution in [3.8, 4) is 61.5 Å². The van der Waals surface area contributed by atoms with E-state index in [1.54, 1.807) is 23.7 Å². The summed E-state index contributed by atoms with van der Waals surface area (Å²) in [6.45, 7) is 0. The van der Waals surface area contributed by atoms with Crippen molar-refractivity contribution in [2.75, 3.05) is 0 Å². The van der Waals surface area contributed by atoms with E-state index in [0.29, 0.717) is 45.9 Å². The van der Waals surface area contributed by atoms with Gasteiger partial charge in [0, 0.05) is 82.4 Å². The van der Waals surface area contributed by atoms with Crippen LogP contribution in [0.1, 0.15) is 0 Å². The van der Waals surface area contributed by atoms with E-state index in [2.05, 4.69) is 210 Å². The van der Waals surface area contributed by atoms with Crippen molar-refractivity contribution in [2.24, 2.45) is 0 Å². The molecule has 1 radical (unpaired) electrons. The third kappa shape index (κ3) is 9.40. The molecule has 0 aliphatic heterocycles. The minimum absolute atomic E-state index is 0.298. The predicted molar refractivity (Wildman–Crippen MR) is 370 cm³/mol. The molecule has 0 atom stereocenters. The third-order valence-corrected chi connectivity index (χ3v) is 20.2. The van der Waals surface area contributed by atoms with E-state index in [-0.39, 0.29) is 0 Å². The van der Waals surface area contributed by atoms with E-state index in [0.717, 1.165) is 55.4 Å². The summed E-state index contributed by atoms with van der Waals surface area (Å²) in [6, 6.07) is 82.4. The Morgan fingerprint density at radius 1 is 0.352 bits per heavy atom. The Labute approximate surface area is 525 Å². The molecule has 0 fully saturated rings. The van der Waals surface area contributed by atoms with Crippen molar-refractivity contribution in [2.45, 2.75) is 0 Å². The van der Waals surface area contributed by atoms with Gasteiger partial charge >= 0.3 is 7.69 Å². The third-order valence-electron chi connectivity index (χ3n) is 15.9. The van der Waals surface area contributed by atoms with Gasteiger partial charge in [0.2, 0.25) is 0 Å². The SMILES string of the molecule is Clc1cccc2c1oc1c(Cl)ncnc12.O[B]Oc1cccc(-c2cccc3c2sc2ccccc23)c1.c1cc(-c2cccc3c2oc2c(-c4cccc(-c5cccc6c5sc5ccccc56)c4)ncnc23)cc(-c2cccc3c2sc2ccccc23)c1. The molecule has 7 heterocycles. The predicted octanol–water partition coefficient (Wildman–Crippen LogP) is 22.1. The van der Waals surface area contributed by atoms with Crippen LogP contribution in [0, 0.1) is 0 Å². The second-order valence-electron chi connectivity index (χ2n) is 21.0. The average Bonchev–Trinajstić information content (AvgIpc) is 2.02. The Kier molecular flexibility index (Phi) is 13.7. The molecule has 7 aromatic heterocycles. The first-order chi connectivity index (χ1) is 43.4. The number of benzene rings is 11. The maximum atomic E-state index is 8.80. The van der Waals surface area contributed by atoms with E-state index >= 15 is 0 Å². The van der Waals surface area contributed by atoms with Gasteiger partial charge in [0.25, 0.3) is 0 Å². The smallest absolute Gasteiger partial charge is 0.537 e. The van der Waals surface area contributed by atoms with Crippen LogP contribution in [0.4, 0.5) is 0 Å². The highest BCUT2D eigenvalue weighted by atomic mass is 35.5. The lowest BCUT2D eigenvalue weighted by molar-refractivity contribution is 0.454. The van der Waals surface area contributed by atoms with Crippen molar-refractivity contribution in [3.05, 3.63) is 259 Å². The van der Waals surface area contributed by atoms with E-state index in [1.807, 2.05) is 53.0 Å². The van der Waals surface area contributed by atoms with Gasteiger partial charge < -0.3 is 18.5 Å². The van der Waals surface area contributed by atoms with Crippen molar-refractivity contribution < 1.29 is 18.5 Å². The van der Waals surface area contributed by atoms with Crippen LogP contribution in [0.25, 0.3) is 160 Å². The number of halogens is 2. The van der Waals surface area contributed by atoms with Crippen LogP contribution in [-0.4, -0.2) is 32.6 Å². The molecule has 88 heavy (non-hydrogen) atoms. The van der Waals surface area contributed by atoms with Gasteiger partial charge in [-0.15, -0.1) is 34.0 Å². The number of thiophene rings is 3. The highest BCUT2D eigenvalue weighted by molar-refractivity contribution is 7.27. The summed E-state index contributed by atoms with van der Waals surface area (Å²) in [7, 11) is 0.707. The van der Waals surface area contributed by atoms with Gasteiger partial charge in [-0.3, -0.25) is 0 Å². The zero-order valence-corrected chi connectivity index (χ0v) is 50.2. The van der Waals surface area contributed by atoms with E-state index in [4.69, 9.17) is 51.7 Å². The molecule has 0 aliphatic carbocycles. The van der Waals surface area contributed by atoms with Gasteiger partial charge in [0.1, 0.15) is 40.7 Å². The highest BCUT2D eigenvalue weighted by Crippen LogP contribution is 2.46. The van der Waals surface area contributed by atoms with Gasteiger partial charge in [0.05, 0.1) is 5.02 Å². The fourth-order valence-electron chi connectivity index (χ4n) is 12.0. The zero-order valence-electron chi connectivity index (χ0n) is 46.2. The molecule has 18 aromatic rings. The summed E-state index contributed by atoms with van der Waals surface area (Å²) in [4.78, 5) is 17.5. The average molecular weight is 1230 g/mol. The number of hydrogen-bond acceptors (Lipinski definition) is 11. The molecule has 18 rings (SSSR count). The topological polar surface area (TPSA) is 107 Å². The van der Waals surface area contributed by atoms with E-state index in [9.17, 15) is 0 Å². The second-order valence-corrected chi connectivity index (χ2v) is 24.9. The first-order valence-electron chi connectivity index (χ1n) is 28.2. The van der Waals surface area contributed by atoms with Crippen molar-refractivity contribution in [1.82, 2.24) is 19.9 Å². The van der Waals surface area contributed by atoms with Crippen LogP contribution in [0.15, 0.2) is 258 Å². The summed E-state index contributed by atoms with van der Waals surface area (Å²) >= 11 is 17.4. The Hall–Kier alpha value is -9.76. The largest absolute Gasteiger partial charge is 0.569 e. The molecule has 14 heteroatoms. The van der Waals surface area contributed by atoms with Crippen LogP contribution < -0.4 is 4.65 Å². The lowest BCUT2D eigenvalue weighted by atomic mass is 9.97. The highest BCUT2D eigenvalue weighted by Gasteiger charge is 2.21. The lowest BCUT2D eigenvalue weighted by Gasteiger charge is -2.08. The Balaban J connectivity index is 0.000000137. The first kappa shape index (κ1) is 53.7. The number of fused-ring (bicyclic) bond motifs is 15. The number of nitrogens with zero attached hydrogens (tertiary/aromatic N) is 4. The summed E-state index contributed by atoms with van der Waals surface area (Å²) in [5.41, 5.74) is 15.1. The second kappa shape index (κ2) is 22.5. The molecule has 0 aliphatic rings. The molecule has 0 bridgehead atoms. The Bertz CT molecular complexity index is 5490. The Morgan fingerprint density at radius 2 is 0.761 bits per heavy atom. The van der Waals surface area contributed by atoms with Gasteiger partial charge in [-0.25, -0.2) is 19.9 Å². The number of rotatable bonds is 7. The van der Waals surface area contributed by atoms with Crippen molar-refractivity contribution in [1.29, 1.82) is 0 Å². The first-order valence-corrected chi connectivity index (χ1v) is 31.4. The molecule has 0 unspecified atom stereocenters. The van der Waals surface area contributed by atoms with E-state index in [1.165, 1.54) is 89.1 Å². The quantitative estimate of drug-likeness (QED) is 0.124. The maximum absolute atomic E-state index is 8.80. The summed E-state index contributed by atoms with van der Waals surface area (Å²) in [5, 5.41) is 19.2. The molecule has 1 N–H and O–H groups in total. The molecular formula is C74H42BCl2N4O4S3. The number of hydrogen-bond donors (Lipinski definition) is 1. The molecular weight excluding hydrogens is 1190 g/mol. The van der Waals surface area contributed by atoms with Gasteiger partial charge in [-0.05, 0) is 99.6 Å². The van der Waals surface area contributed by atoms with Crippen LogP contribution >= 0.6 is 57.2 Å². The van der Waals surface area contributed by atoms with Gasteiger partial charge in [-0.2, -0.15) is 0 Å². The van der Waals surface area contributed by atoms with Gasteiger partial charge in [-0.1, -0.05) is 199 Å². The summed E-state index contributed by atoms with van der Waals surface area (Å²) in [5.74, 6) is 0.623. The Morgan fingerprint density at radius 3 is 1.33 bits per heavy atom. The van der Waals surface area contributed by atoms with Crippen molar-refractivity contribution >= 4 is 170 Å². The van der Waals surface area contributed by atoms with Crippen LogP contribution in [-0.2, 0) is 0 Å². The molecule has 0 saturated heterocycles. The molecule has 0 amide bonds. The minimum Gasteiger partial charge on any atom is -0.537 e. The lowest BCUT2D eigenvalue weighted by Crippen LogP contribution is -1.99. The monoisotopic (exact) mass is 1230 g/mol. The number of para-hydroxylation sites is 2. The van der Waals surface area contributed by atoms with E-state index < -0.39 is 0 Å².